The molecule has 0 spiro atoms. The molecule has 2 aromatic rings. The van der Waals surface area contributed by atoms with Gasteiger partial charge in [-0.1, -0.05) is 11.6 Å². The van der Waals surface area contributed by atoms with Crippen molar-refractivity contribution in [2.45, 2.75) is 25.7 Å². The first-order valence-corrected chi connectivity index (χ1v) is 9.83. The Hall–Kier alpha value is -2.05. The van der Waals surface area contributed by atoms with Crippen LogP contribution in [0.1, 0.15) is 29.8 Å². The fourth-order valence-corrected chi connectivity index (χ4v) is 3.77. The zero-order valence-corrected chi connectivity index (χ0v) is 16.0. The van der Waals surface area contributed by atoms with Crippen LogP contribution in [0.4, 0.5) is 5.69 Å². The molecule has 0 saturated heterocycles. The molecule has 2 rings (SSSR count). The van der Waals surface area contributed by atoms with Gasteiger partial charge < -0.3 is 4.90 Å². The van der Waals surface area contributed by atoms with E-state index in [4.69, 9.17) is 11.6 Å². The van der Waals surface area contributed by atoms with Gasteiger partial charge in [-0.3, -0.25) is 9.52 Å². The highest BCUT2D eigenvalue weighted by Crippen LogP contribution is 2.23. The summed E-state index contributed by atoms with van der Waals surface area (Å²) in [6, 6.07) is 10.9. The molecule has 0 atom stereocenters. The topological polar surface area (TPSA) is 66.5 Å². The lowest BCUT2D eigenvalue weighted by Crippen LogP contribution is -2.30. The van der Waals surface area contributed by atoms with Gasteiger partial charge in [0.1, 0.15) is 0 Å². The summed E-state index contributed by atoms with van der Waals surface area (Å²) in [5.74, 6) is -0.115. The first-order valence-electron chi connectivity index (χ1n) is 7.96. The van der Waals surface area contributed by atoms with E-state index in [2.05, 4.69) is 4.72 Å². The van der Waals surface area contributed by atoms with Crippen molar-refractivity contribution in [2.75, 3.05) is 17.8 Å². The molecule has 1 N–H and O–H groups in total. The highest BCUT2D eigenvalue weighted by Gasteiger charge is 2.17. The molecular weight excluding hydrogens is 360 g/mol. The number of halogens is 1. The molecule has 2 aromatic carbocycles. The number of anilines is 1. The van der Waals surface area contributed by atoms with E-state index in [-0.39, 0.29) is 10.8 Å². The van der Waals surface area contributed by atoms with E-state index in [1.165, 1.54) is 24.3 Å². The second-order valence-electron chi connectivity index (χ2n) is 5.57. The molecule has 1 amide bonds. The van der Waals surface area contributed by atoms with Crippen LogP contribution in [0.5, 0.6) is 0 Å². The van der Waals surface area contributed by atoms with Crippen molar-refractivity contribution in [2.24, 2.45) is 0 Å². The Labute approximate surface area is 153 Å². The standard InChI is InChI=1S/C18H21ClN2O3S/c1-4-21(5-2)18(22)14-6-9-16(10-7-14)25(23,24)20-17-11-8-15(19)12-13(17)3/h6-12,20H,4-5H2,1-3H3. The Kier molecular flexibility index (Phi) is 6.08. The van der Waals surface area contributed by atoms with E-state index >= 15 is 0 Å². The molecule has 0 radical (unpaired) electrons. The number of rotatable bonds is 6. The molecule has 0 aliphatic carbocycles. The molecule has 0 aliphatic heterocycles. The van der Waals surface area contributed by atoms with Gasteiger partial charge >= 0.3 is 0 Å². The SMILES string of the molecule is CCN(CC)C(=O)c1ccc(S(=O)(=O)Nc2ccc(Cl)cc2C)cc1. The molecule has 0 saturated carbocycles. The van der Waals surface area contributed by atoms with Crippen LogP contribution < -0.4 is 4.72 Å². The molecule has 5 nitrogen and oxygen atoms in total. The number of sulfonamides is 1. The lowest BCUT2D eigenvalue weighted by molar-refractivity contribution is 0.0773. The summed E-state index contributed by atoms with van der Waals surface area (Å²) in [5, 5.41) is 0.541. The molecule has 134 valence electrons. The number of carbonyl (C=O) groups is 1. The fourth-order valence-electron chi connectivity index (χ4n) is 2.42. The van der Waals surface area contributed by atoms with Crippen molar-refractivity contribution in [1.82, 2.24) is 4.90 Å². The number of amides is 1. The molecular formula is C18H21ClN2O3S. The Bertz CT molecular complexity index is 860. The van der Waals surface area contributed by atoms with Gasteiger partial charge in [-0.15, -0.1) is 0 Å². The first-order chi connectivity index (χ1) is 11.8. The van der Waals surface area contributed by atoms with Gasteiger partial charge in [0.15, 0.2) is 0 Å². The molecule has 0 heterocycles. The van der Waals surface area contributed by atoms with Crippen LogP contribution in [0.25, 0.3) is 0 Å². The third kappa shape index (κ3) is 4.52. The summed E-state index contributed by atoms with van der Waals surface area (Å²) in [6.45, 7) is 6.78. The zero-order chi connectivity index (χ0) is 18.6. The molecule has 7 heteroatoms. The van der Waals surface area contributed by atoms with Crippen molar-refractivity contribution >= 4 is 33.2 Å². The molecule has 25 heavy (non-hydrogen) atoms. The Morgan fingerprint density at radius 1 is 1.08 bits per heavy atom. The van der Waals surface area contributed by atoms with Gasteiger partial charge in [0.2, 0.25) is 0 Å². The molecule has 0 unspecified atom stereocenters. The summed E-state index contributed by atoms with van der Waals surface area (Å²) in [5.41, 5.74) is 1.66. The van der Waals surface area contributed by atoms with E-state index < -0.39 is 10.0 Å². The molecule has 0 aliphatic rings. The predicted molar refractivity (Wildman–Crippen MR) is 101 cm³/mol. The first kappa shape index (κ1) is 19.3. The molecule has 0 aromatic heterocycles. The van der Waals surface area contributed by atoms with Crippen molar-refractivity contribution in [3.05, 3.63) is 58.6 Å². The average Bonchev–Trinajstić information content (AvgIpc) is 2.58. The third-order valence-corrected chi connectivity index (χ3v) is 5.51. The second kappa shape index (κ2) is 7.89. The third-order valence-electron chi connectivity index (χ3n) is 3.89. The quantitative estimate of drug-likeness (QED) is 0.825. The minimum Gasteiger partial charge on any atom is -0.339 e. The largest absolute Gasteiger partial charge is 0.339 e. The maximum atomic E-state index is 12.5. The van der Waals surface area contributed by atoms with Crippen molar-refractivity contribution < 1.29 is 13.2 Å². The summed E-state index contributed by atoms with van der Waals surface area (Å²) in [7, 11) is -3.74. The van der Waals surface area contributed by atoms with Crippen LogP contribution in [0.3, 0.4) is 0 Å². The number of benzene rings is 2. The van der Waals surface area contributed by atoms with Gasteiger partial charge in [0, 0.05) is 23.7 Å². The van der Waals surface area contributed by atoms with Crippen LogP contribution in [-0.2, 0) is 10.0 Å². The molecule has 0 fully saturated rings. The normalized spacial score (nSPS) is 11.2. The number of carbonyl (C=O) groups excluding carboxylic acids is 1. The summed E-state index contributed by atoms with van der Waals surface area (Å²) in [6.07, 6.45) is 0. The van der Waals surface area contributed by atoms with Crippen LogP contribution in [0.2, 0.25) is 5.02 Å². The van der Waals surface area contributed by atoms with Crippen LogP contribution in [0, 0.1) is 6.92 Å². The van der Waals surface area contributed by atoms with Crippen molar-refractivity contribution in [3.8, 4) is 0 Å². The lowest BCUT2D eigenvalue weighted by atomic mass is 10.2. The highest BCUT2D eigenvalue weighted by molar-refractivity contribution is 7.92. The zero-order valence-electron chi connectivity index (χ0n) is 14.4. The van der Waals surface area contributed by atoms with Crippen LogP contribution >= 0.6 is 11.6 Å². The smallest absolute Gasteiger partial charge is 0.261 e. The Morgan fingerprint density at radius 2 is 1.68 bits per heavy atom. The fraction of sp³-hybridized carbons (Fsp3) is 0.278. The maximum absolute atomic E-state index is 12.5. The second-order valence-corrected chi connectivity index (χ2v) is 7.69. The van der Waals surface area contributed by atoms with Gasteiger partial charge in [-0.05, 0) is 68.8 Å². The van der Waals surface area contributed by atoms with E-state index in [1.54, 1.807) is 30.0 Å². The van der Waals surface area contributed by atoms with Gasteiger partial charge in [-0.25, -0.2) is 8.42 Å². The minimum atomic E-state index is -3.74. The van der Waals surface area contributed by atoms with E-state index in [0.29, 0.717) is 29.4 Å². The summed E-state index contributed by atoms with van der Waals surface area (Å²) >= 11 is 5.89. The predicted octanol–water partition coefficient (Wildman–Crippen LogP) is 3.93. The number of aryl methyl sites for hydroxylation is 1. The highest BCUT2D eigenvalue weighted by atomic mass is 35.5. The molecule has 0 bridgehead atoms. The Morgan fingerprint density at radius 3 is 2.20 bits per heavy atom. The number of hydrogen-bond donors (Lipinski definition) is 1. The number of nitrogens with zero attached hydrogens (tertiary/aromatic N) is 1. The minimum absolute atomic E-state index is 0.0953. The van der Waals surface area contributed by atoms with Crippen LogP contribution in [0.15, 0.2) is 47.4 Å². The van der Waals surface area contributed by atoms with E-state index in [9.17, 15) is 13.2 Å². The number of hydrogen-bond acceptors (Lipinski definition) is 3. The van der Waals surface area contributed by atoms with E-state index in [0.717, 1.165) is 5.56 Å². The average molecular weight is 381 g/mol. The van der Waals surface area contributed by atoms with Crippen molar-refractivity contribution in [1.29, 1.82) is 0 Å². The lowest BCUT2D eigenvalue weighted by Gasteiger charge is -2.18. The Balaban J connectivity index is 2.24. The number of nitrogens with one attached hydrogen (secondary N) is 1. The summed E-state index contributed by atoms with van der Waals surface area (Å²) < 4.78 is 27.6. The van der Waals surface area contributed by atoms with Crippen LogP contribution in [-0.4, -0.2) is 32.3 Å². The maximum Gasteiger partial charge on any atom is 0.261 e. The van der Waals surface area contributed by atoms with Crippen molar-refractivity contribution in [3.63, 3.8) is 0 Å². The monoisotopic (exact) mass is 380 g/mol. The van der Waals surface area contributed by atoms with Gasteiger partial charge in [0.05, 0.1) is 10.6 Å². The van der Waals surface area contributed by atoms with E-state index in [1.807, 2.05) is 13.8 Å². The summed E-state index contributed by atoms with van der Waals surface area (Å²) in [4.78, 5) is 14.1. The van der Waals surface area contributed by atoms with Gasteiger partial charge in [-0.2, -0.15) is 0 Å². The van der Waals surface area contributed by atoms with Gasteiger partial charge in [0.25, 0.3) is 15.9 Å².